The lowest BCUT2D eigenvalue weighted by atomic mass is 10.0. The van der Waals surface area contributed by atoms with Crippen LogP contribution in [0.5, 0.6) is 0 Å². The molecule has 0 aliphatic rings. The van der Waals surface area contributed by atoms with E-state index in [9.17, 15) is 9.59 Å². The summed E-state index contributed by atoms with van der Waals surface area (Å²) in [4.78, 5) is 22.2. The Hall–Kier alpha value is -2.10. The van der Waals surface area contributed by atoms with E-state index in [2.05, 4.69) is 19.2 Å². The van der Waals surface area contributed by atoms with Crippen molar-refractivity contribution in [2.45, 2.75) is 39.7 Å². The summed E-state index contributed by atoms with van der Waals surface area (Å²) >= 11 is 0. The van der Waals surface area contributed by atoms with E-state index in [0.29, 0.717) is 12.3 Å². The molecule has 2 N–H and O–H groups in total. The van der Waals surface area contributed by atoms with E-state index in [-0.39, 0.29) is 11.9 Å². The third kappa shape index (κ3) is 6.75. The molecule has 0 bridgehead atoms. The molecule has 0 radical (unpaired) electrons. The molecule has 1 aromatic rings. The quantitative estimate of drug-likeness (QED) is 0.756. The number of carbonyl (C=O) groups is 2. The fourth-order valence-electron chi connectivity index (χ4n) is 1.88. The fraction of sp³-hybridized carbons (Fsp3) is 0.412. The molecule has 0 spiro atoms. The molecule has 0 saturated heterocycles. The van der Waals surface area contributed by atoms with Gasteiger partial charge >= 0.3 is 5.97 Å². The van der Waals surface area contributed by atoms with Crippen LogP contribution in [0.25, 0.3) is 6.08 Å². The minimum Gasteiger partial charge on any atom is -0.478 e. The van der Waals surface area contributed by atoms with Crippen molar-refractivity contribution in [1.29, 1.82) is 0 Å². The zero-order valence-corrected chi connectivity index (χ0v) is 12.8. The molecular weight excluding hydrogens is 266 g/mol. The minimum atomic E-state index is -0.968. The van der Waals surface area contributed by atoms with Crippen LogP contribution < -0.4 is 5.32 Å². The van der Waals surface area contributed by atoms with E-state index in [1.165, 1.54) is 6.08 Å². The SMILES string of the molecule is CC(C)CCC(=O)NC(C)c1ccc(C=CC(=O)O)cc1. The molecule has 1 amide bonds. The van der Waals surface area contributed by atoms with Crippen LogP contribution in [0.2, 0.25) is 0 Å². The Labute approximate surface area is 125 Å². The lowest BCUT2D eigenvalue weighted by Crippen LogP contribution is -2.26. The molecule has 0 aliphatic heterocycles. The van der Waals surface area contributed by atoms with Gasteiger partial charge in [0.1, 0.15) is 0 Å². The Bertz CT molecular complexity index is 503. The van der Waals surface area contributed by atoms with Gasteiger partial charge in [-0.1, -0.05) is 38.1 Å². The van der Waals surface area contributed by atoms with Gasteiger partial charge in [0.25, 0.3) is 0 Å². The van der Waals surface area contributed by atoms with Gasteiger partial charge in [0.05, 0.1) is 6.04 Å². The van der Waals surface area contributed by atoms with Gasteiger partial charge in [0.15, 0.2) is 0 Å². The van der Waals surface area contributed by atoms with Gasteiger partial charge < -0.3 is 10.4 Å². The van der Waals surface area contributed by atoms with Crippen LogP contribution in [0, 0.1) is 5.92 Å². The fourth-order valence-corrected chi connectivity index (χ4v) is 1.88. The summed E-state index contributed by atoms with van der Waals surface area (Å²) < 4.78 is 0. The summed E-state index contributed by atoms with van der Waals surface area (Å²) in [5.74, 6) is -0.387. The molecule has 21 heavy (non-hydrogen) atoms. The monoisotopic (exact) mass is 289 g/mol. The third-order valence-corrected chi connectivity index (χ3v) is 3.18. The maximum atomic E-state index is 11.8. The van der Waals surface area contributed by atoms with Crippen LogP contribution in [0.15, 0.2) is 30.3 Å². The van der Waals surface area contributed by atoms with Gasteiger partial charge in [0, 0.05) is 12.5 Å². The summed E-state index contributed by atoms with van der Waals surface area (Å²) in [7, 11) is 0. The maximum absolute atomic E-state index is 11.8. The largest absolute Gasteiger partial charge is 0.478 e. The molecule has 0 aromatic heterocycles. The first kappa shape index (κ1) is 17.0. The number of carbonyl (C=O) groups excluding carboxylic acids is 1. The summed E-state index contributed by atoms with van der Waals surface area (Å²) in [6.07, 6.45) is 4.07. The van der Waals surface area contributed by atoms with Crippen molar-refractivity contribution in [1.82, 2.24) is 5.32 Å². The number of nitrogens with one attached hydrogen (secondary N) is 1. The van der Waals surface area contributed by atoms with Crippen LogP contribution in [-0.2, 0) is 9.59 Å². The summed E-state index contributed by atoms with van der Waals surface area (Å²) in [6, 6.07) is 7.42. The van der Waals surface area contributed by atoms with Crippen molar-refractivity contribution >= 4 is 18.0 Å². The highest BCUT2D eigenvalue weighted by molar-refractivity contribution is 5.85. The molecule has 1 aromatic carbocycles. The maximum Gasteiger partial charge on any atom is 0.328 e. The number of benzene rings is 1. The Balaban J connectivity index is 2.56. The highest BCUT2D eigenvalue weighted by atomic mass is 16.4. The smallest absolute Gasteiger partial charge is 0.328 e. The average Bonchev–Trinajstić information content (AvgIpc) is 2.43. The minimum absolute atomic E-state index is 0.0536. The third-order valence-electron chi connectivity index (χ3n) is 3.18. The Morgan fingerprint density at radius 3 is 2.33 bits per heavy atom. The summed E-state index contributed by atoms with van der Waals surface area (Å²) in [5.41, 5.74) is 1.82. The van der Waals surface area contributed by atoms with Crippen molar-refractivity contribution < 1.29 is 14.7 Å². The predicted octanol–water partition coefficient (Wildman–Crippen LogP) is 3.40. The second-order valence-electron chi connectivity index (χ2n) is 5.56. The number of amides is 1. The number of hydrogen-bond donors (Lipinski definition) is 2. The molecule has 4 heteroatoms. The van der Waals surface area contributed by atoms with Gasteiger partial charge in [-0.05, 0) is 36.5 Å². The second kappa shape index (κ2) is 8.25. The molecule has 0 fully saturated rings. The molecule has 0 heterocycles. The van der Waals surface area contributed by atoms with E-state index >= 15 is 0 Å². The molecule has 0 saturated carbocycles. The highest BCUT2D eigenvalue weighted by Crippen LogP contribution is 2.15. The first-order valence-electron chi connectivity index (χ1n) is 7.19. The number of carboxylic acids is 1. The van der Waals surface area contributed by atoms with Gasteiger partial charge in [-0.2, -0.15) is 0 Å². The zero-order valence-electron chi connectivity index (χ0n) is 12.8. The van der Waals surface area contributed by atoms with Crippen LogP contribution in [0.1, 0.15) is 50.8 Å². The van der Waals surface area contributed by atoms with E-state index < -0.39 is 5.97 Å². The van der Waals surface area contributed by atoms with Crippen molar-refractivity contribution in [2.24, 2.45) is 5.92 Å². The molecule has 0 aliphatic carbocycles. The molecule has 1 rings (SSSR count). The van der Waals surface area contributed by atoms with Crippen LogP contribution in [0.4, 0.5) is 0 Å². The van der Waals surface area contributed by atoms with Crippen molar-refractivity contribution in [3.05, 3.63) is 41.5 Å². The Kier molecular flexibility index (Phi) is 6.66. The average molecular weight is 289 g/mol. The van der Waals surface area contributed by atoms with Gasteiger partial charge in [0.2, 0.25) is 5.91 Å². The van der Waals surface area contributed by atoms with E-state index in [0.717, 1.165) is 23.6 Å². The zero-order chi connectivity index (χ0) is 15.8. The van der Waals surface area contributed by atoms with E-state index in [4.69, 9.17) is 5.11 Å². The van der Waals surface area contributed by atoms with Gasteiger partial charge in [-0.15, -0.1) is 0 Å². The Morgan fingerprint density at radius 2 is 1.81 bits per heavy atom. The number of carboxylic acid groups (broad SMARTS) is 1. The van der Waals surface area contributed by atoms with Crippen molar-refractivity contribution in [3.63, 3.8) is 0 Å². The van der Waals surface area contributed by atoms with E-state index in [1.807, 2.05) is 31.2 Å². The van der Waals surface area contributed by atoms with Crippen molar-refractivity contribution in [3.8, 4) is 0 Å². The first-order chi connectivity index (χ1) is 9.88. The molecule has 4 nitrogen and oxygen atoms in total. The van der Waals surface area contributed by atoms with Crippen LogP contribution >= 0.6 is 0 Å². The molecule has 1 unspecified atom stereocenters. The lowest BCUT2D eigenvalue weighted by Gasteiger charge is -2.15. The normalized spacial score (nSPS) is 12.6. The predicted molar refractivity (Wildman–Crippen MR) is 83.7 cm³/mol. The Morgan fingerprint density at radius 1 is 1.19 bits per heavy atom. The second-order valence-corrected chi connectivity index (χ2v) is 5.56. The van der Waals surface area contributed by atoms with E-state index in [1.54, 1.807) is 0 Å². The molecule has 1 atom stereocenters. The molecule has 114 valence electrons. The summed E-state index contributed by atoms with van der Waals surface area (Å²) in [5, 5.41) is 11.5. The lowest BCUT2D eigenvalue weighted by molar-refractivity contribution is -0.131. The number of rotatable bonds is 7. The van der Waals surface area contributed by atoms with Crippen LogP contribution in [-0.4, -0.2) is 17.0 Å². The van der Waals surface area contributed by atoms with Gasteiger partial charge in [-0.25, -0.2) is 4.79 Å². The summed E-state index contributed by atoms with van der Waals surface area (Å²) in [6.45, 7) is 6.13. The van der Waals surface area contributed by atoms with Gasteiger partial charge in [-0.3, -0.25) is 4.79 Å². The molecular formula is C17H23NO3. The first-order valence-corrected chi connectivity index (χ1v) is 7.19. The number of hydrogen-bond acceptors (Lipinski definition) is 2. The van der Waals surface area contributed by atoms with Crippen molar-refractivity contribution in [2.75, 3.05) is 0 Å². The number of aliphatic carboxylic acids is 1. The van der Waals surface area contributed by atoms with Crippen LogP contribution in [0.3, 0.4) is 0 Å². The standard InChI is InChI=1S/C17H23NO3/c1-12(2)4-10-16(19)18-13(3)15-8-5-14(6-9-15)7-11-17(20)21/h5-9,11-13H,4,10H2,1-3H3,(H,18,19)(H,20,21). The topological polar surface area (TPSA) is 66.4 Å². The highest BCUT2D eigenvalue weighted by Gasteiger charge is 2.09.